The van der Waals surface area contributed by atoms with Crippen molar-refractivity contribution in [2.75, 3.05) is 80.8 Å². The van der Waals surface area contributed by atoms with Crippen LogP contribution in [0.5, 0.6) is 11.5 Å². The average Bonchev–Trinajstić information content (AvgIpc) is 2.84. The van der Waals surface area contributed by atoms with Crippen LogP contribution in [-0.4, -0.2) is 111 Å². The topological polar surface area (TPSA) is 71.9 Å². The molecular formula is C28H42Cl2N4O4. The fourth-order valence-corrected chi connectivity index (χ4v) is 5.01. The van der Waals surface area contributed by atoms with Crippen molar-refractivity contribution in [1.29, 1.82) is 0 Å². The predicted octanol–water partition coefficient (Wildman–Crippen LogP) is 3.88. The molecule has 3 rings (SSSR count). The van der Waals surface area contributed by atoms with Crippen LogP contribution >= 0.6 is 23.2 Å². The first kappa shape index (κ1) is 30.9. The number of fused-ring (bicyclic) bond motifs is 4. The van der Waals surface area contributed by atoms with Gasteiger partial charge in [0.15, 0.2) is 0 Å². The summed E-state index contributed by atoms with van der Waals surface area (Å²) < 4.78 is 11.7. The van der Waals surface area contributed by atoms with E-state index in [2.05, 4.69) is 19.6 Å². The largest absolute Gasteiger partial charge is 0.507 e. The third-order valence-corrected chi connectivity index (χ3v) is 7.13. The van der Waals surface area contributed by atoms with Gasteiger partial charge in [-0.2, -0.15) is 0 Å². The first-order valence-electron chi connectivity index (χ1n) is 13.0. The maximum atomic E-state index is 10.9. The summed E-state index contributed by atoms with van der Waals surface area (Å²) >= 11 is 12.8. The summed E-state index contributed by atoms with van der Waals surface area (Å²) in [6.45, 7) is 7.42. The van der Waals surface area contributed by atoms with Gasteiger partial charge < -0.3 is 19.7 Å². The Balaban J connectivity index is 1.69. The van der Waals surface area contributed by atoms with Gasteiger partial charge in [0.1, 0.15) is 11.5 Å². The van der Waals surface area contributed by atoms with E-state index in [9.17, 15) is 10.2 Å². The second kappa shape index (κ2) is 15.2. The molecule has 0 saturated carbocycles. The van der Waals surface area contributed by atoms with E-state index in [0.717, 1.165) is 22.3 Å². The van der Waals surface area contributed by atoms with Gasteiger partial charge in [-0.1, -0.05) is 23.2 Å². The smallest absolute Gasteiger partial charge is 0.124 e. The molecule has 0 spiro atoms. The highest BCUT2D eigenvalue weighted by atomic mass is 35.5. The summed E-state index contributed by atoms with van der Waals surface area (Å²) in [5, 5.41) is 23.1. The number of rotatable bonds is 0. The van der Waals surface area contributed by atoms with Crippen molar-refractivity contribution in [2.24, 2.45) is 0 Å². The fourth-order valence-electron chi connectivity index (χ4n) is 4.48. The Bertz CT molecular complexity index is 890. The van der Waals surface area contributed by atoms with Crippen LogP contribution in [0.25, 0.3) is 0 Å². The zero-order valence-corrected chi connectivity index (χ0v) is 24.6. The lowest BCUT2D eigenvalue weighted by molar-refractivity contribution is 0.0902. The highest BCUT2D eigenvalue weighted by Gasteiger charge is 2.15. The Morgan fingerprint density at radius 2 is 0.763 bits per heavy atom. The lowest BCUT2D eigenvalue weighted by Gasteiger charge is -2.23. The van der Waals surface area contributed by atoms with Crippen molar-refractivity contribution in [1.82, 2.24) is 19.6 Å². The summed E-state index contributed by atoms with van der Waals surface area (Å²) in [5.41, 5.74) is 3.21. The summed E-state index contributed by atoms with van der Waals surface area (Å²) in [4.78, 5) is 8.43. The number of likely N-dealkylation sites (N-methyl/N-ethyl adjacent to an activating group) is 4. The van der Waals surface area contributed by atoms with E-state index in [1.54, 1.807) is 0 Å². The first-order chi connectivity index (χ1) is 18.1. The molecule has 4 bridgehead atoms. The highest BCUT2D eigenvalue weighted by Crippen LogP contribution is 2.30. The molecule has 0 amide bonds. The van der Waals surface area contributed by atoms with Gasteiger partial charge in [-0.3, -0.25) is 19.6 Å². The third kappa shape index (κ3) is 9.84. The van der Waals surface area contributed by atoms with Crippen LogP contribution in [-0.2, 0) is 35.7 Å². The van der Waals surface area contributed by atoms with E-state index in [1.807, 2.05) is 52.5 Å². The van der Waals surface area contributed by atoms with Crippen LogP contribution in [0.4, 0.5) is 0 Å². The van der Waals surface area contributed by atoms with E-state index >= 15 is 0 Å². The summed E-state index contributed by atoms with van der Waals surface area (Å²) in [7, 11) is 8.00. The van der Waals surface area contributed by atoms with Crippen LogP contribution in [0.1, 0.15) is 22.3 Å². The second-order valence-electron chi connectivity index (χ2n) is 10.3. The zero-order valence-electron chi connectivity index (χ0n) is 23.1. The van der Waals surface area contributed by atoms with Crippen LogP contribution in [0, 0.1) is 0 Å². The molecule has 38 heavy (non-hydrogen) atoms. The van der Waals surface area contributed by atoms with Crippen molar-refractivity contribution in [3.63, 3.8) is 0 Å². The van der Waals surface area contributed by atoms with Gasteiger partial charge >= 0.3 is 0 Å². The number of hydrogen-bond acceptors (Lipinski definition) is 8. The Morgan fingerprint density at radius 1 is 0.526 bits per heavy atom. The molecule has 2 aromatic carbocycles. The number of ether oxygens (including phenoxy) is 2. The molecule has 1 aliphatic heterocycles. The standard InChI is InChI=1S/C28H42Cl2N4O4/c1-31-5-9-37-10-6-32(2)19-23-15-26(30)16-24(28(23)36)20-34(4)8-12-38-11-7-33(3)18-22-14-25(29)13-21(17-31)27(22)35/h13-16,35-36H,5-12,17-20H2,1-4H3. The van der Waals surface area contributed by atoms with E-state index in [1.165, 1.54) is 0 Å². The predicted molar refractivity (Wildman–Crippen MR) is 153 cm³/mol. The lowest BCUT2D eigenvalue weighted by Crippen LogP contribution is -2.27. The van der Waals surface area contributed by atoms with Crippen LogP contribution in [0.2, 0.25) is 10.0 Å². The van der Waals surface area contributed by atoms with Crippen LogP contribution < -0.4 is 0 Å². The minimum Gasteiger partial charge on any atom is -0.507 e. The van der Waals surface area contributed by atoms with Gasteiger partial charge in [-0.15, -0.1) is 0 Å². The summed E-state index contributed by atoms with van der Waals surface area (Å²) in [6.07, 6.45) is 0. The Kier molecular flexibility index (Phi) is 12.4. The summed E-state index contributed by atoms with van der Waals surface area (Å²) in [5.74, 6) is 0.582. The maximum Gasteiger partial charge on any atom is 0.124 e. The van der Waals surface area contributed by atoms with E-state index in [-0.39, 0.29) is 0 Å². The van der Waals surface area contributed by atoms with E-state index in [4.69, 9.17) is 32.7 Å². The Labute approximate surface area is 237 Å². The van der Waals surface area contributed by atoms with Gasteiger partial charge in [0.25, 0.3) is 0 Å². The van der Waals surface area contributed by atoms with Crippen molar-refractivity contribution in [3.05, 3.63) is 56.6 Å². The Morgan fingerprint density at radius 3 is 1.00 bits per heavy atom. The summed E-state index contributed by atoms with van der Waals surface area (Å²) in [6, 6.07) is 7.31. The SMILES string of the molecule is CN1CCOCCN(C)Cc2cc(Cl)cc(c2O)CN(C)CCOCCN(C)Cc2cc(Cl)cc(c2O)C1. The van der Waals surface area contributed by atoms with Crippen molar-refractivity contribution in [2.45, 2.75) is 26.2 Å². The molecule has 0 fully saturated rings. The third-order valence-electron chi connectivity index (χ3n) is 6.70. The molecule has 10 heteroatoms. The minimum absolute atomic E-state index is 0.291. The van der Waals surface area contributed by atoms with Gasteiger partial charge in [-0.25, -0.2) is 0 Å². The van der Waals surface area contributed by atoms with Crippen molar-refractivity contribution < 1.29 is 19.7 Å². The lowest BCUT2D eigenvalue weighted by atomic mass is 10.1. The van der Waals surface area contributed by atoms with Gasteiger partial charge in [0, 0.05) is 84.7 Å². The number of phenolic OH excluding ortho intramolecular Hbond substituents is 2. The monoisotopic (exact) mass is 568 g/mol. The van der Waals surface area contributed by atoms with Gasteiger partial charge in [0.05, 0.1) is 26.4 Å². The molecule has 1 heterocycles. The number of benzene rings is 2. The van der Waals surface area contributed by atoms with E-state index in [0.29, 0.717) is 100 Å². The fraction of sp³-hybridized carbons (Fsp3) is 0.571. The molecule has 8 nitrogen and oxygen atoms in total. The van der Waals surface area contributed by atoms with Gasteiger partial charge in [0.2, 0.25) is 0 Å². The number of nitrogens with zero attached hydrogens (tertiary/aromatic N) is 4. The van der Waals surface area contributed by atoms with Crippen LogP contribution in [0.15, 0.2) is 24.3 Å². The van der Waals surface area contributed by atoms with Gasteiger partial charge in [-0.05, 0) is 52.5 Å². The zero-order chi connectivity index (χ0) is 27.7. The molecule has 0 aliphatic carbocycles. The van der Waals surface area contributed by atoms with Crippen molar-refractivity contribution in [3.8, 4) is 11.5 Å². The van der Waals surface area contributed by atoms with Crippen LogP contribution in [0.3, 0.4) is 0 Å². The second-order valence-corrected chi connectivity index (χ2v) is 11.2. The molecule has 2 aromatic rings. The van der Waals surface area contributed by atoms with E-state index < -0.39 is 0 Å². The molecule has 0 atom stereocenters. The molecule has 1 aliphatic rings. The number of phenols is 2. The minimum atomic E-state index is 0.291. The first-order valence-corrected chi connectivity index (χ1v) is 13.8. The number of halogens is 2. The maximum absolute atomic E-state index is 10.9. The van der Waals surface area contributed by atoms with Crippen molar-refractivity contribution >= 4 is 23.2 Å². The molecule has 2 N–H and O–H groups in total. The molecule has 0 aromatic heterocycles. The molecular weight excluding hydrogens is 527 g/mol. The molecule has 0 radical (unpaired) electrons. The molecule has 212 valence electrons. The number of aromatic hydroxyl groups is 2. The molecule has 0 saturated heterocycles. The Hall–Kier alpha value is -1.62. The normalized spacial score (nSPS) is 19.7. The quantitative estimate of drug-likeness (QED) is 0.496. The number of hydrogen-bond donors (Lipinski definition) is 2. The highest BCUT2D eigenvalue weighted by molar-refractivity contribution is 6.31. The molecule has 0 unspecified atom stereocenters. The average molecular weight is 570 g/mol.